The van der Waals surface area contributed by atoms with Gasteiger partial charge in [0.1, 0.15) is 47.5 Å². The maximum Gasteiger partial charge on any atom is 0.318 e. The molecule has 11 heterocycles. The number of anilines is 6. The second-order valence-electron chi connectivity index (χ2n) is 28.8. The molecule has 4 aromatic heterocycles. The molecule has 0 saturated carbocycles. The maximum atomic E-state index is 12.1. The van der Waals surface area contributed by atoms with Gasteiger partial charge in [0.15, 0.2) is 0 Å². The number of carbonyl (C=O) groups is 3. The van der Waals surface area contributed by atoms with Crippen LogP contribution in [0.15, 0.2) is 154 Å². The van der Waals surface area contributed by atoms with Crippen LogP contribution in [0.3, 0.4) is 0 Å². The van der Waals surface area contributed by atoms with Crippen LogP contribution in [0.1, 0.15) is 53.5 Å². The summed E-state index contributed by atoms with van der Waals surface area (Å²) >= 11 is 0. The number of rotatable bonds is 15. The molecule has 4 fully saturated rings. The number of phenolic OH excluding ortho intramolecular Hbond substituents is 2. The number of benzene rings is 5. The Hall–Kier alpha value is -11.2. The van der Waals surface area contributed by atoms with Crippen LogP contribution in [0.5, 0.6) is 23.5 Å². The molecule has 9 aromatic rings. The number of hydrogen-bond acceptors (Lipinski definition) is 22. The van der Waals surface area contributed by atoms with E-state index < -0.39 is 0 Å². The summed E-state index contributed by atoms with van der Waals surface area (Å²) in [5.74, 6) is 3.28. The van der Waals surface area contributed by atoms with Gasteiger partial charge in [-0.2, -0.15) is 19.9 Å². The fraction of sp³-hybridized carbons (Fsp3) is 0.390. The van der Waals surface area contributed by atoms with Gasteiger partial charge in [0, 0.05) is 179 Å². The van der Waals surface area contributed by atoms with Gasteiger partial charge in [-0.3, -0.25) is 19.4 Å². The lowest BCUT2D eigenvalue weighted by molar-refractivity contribution is -0.127. The summed E-state index contributed by atoms with van der Waals surface area (Å²) < 4.78 is 12.6. The number of nitrogens with zero attached hydrogens (tertiary/aromatic N) is 18. The number of aromatic hydroxyl groups is 2. The predicted molar refractivity (Wildman–Crippen MR) is 420 cm³/mol. The number of fused-ring (bicyclic) bond motifs is 6. The van der Waals surface area contributed by atoms with Crippen LogP contribution >= 0.6 is 0 Å². The third-order valence-corrected chi connectivity index (χ3v) is 21.3. The Morgan fingerprint density at radius 2 is 0.953 bits per heavy atom. The van der Waals surface area contributed by atoms with E-state index in [1.54, 1.807) is 18.5 Å². The summed E-state index contributed by atoms with van der Waals surface area (Å²) in [5, 5.41) is 27.5. The highest BCUT2D eigenvalue weighted by Crippen LogP contribution is 2.40. The quantitative estimate of drug-likeness (QED) is 0.0913. The van der Waals surface area contributed by atoms with Gasteiger partial charge in [0.05, 0.1) is 48.6 Å². The van der Waals surface area contributed by atoms with Gasteiger partial charge in [0.2, 0.25) is 17.7 Å². The van der Waals surface area contributed by atoms with E-state index in [4.69, 9.17) is 29.4 Å². The van der Waals surface area contributed by atoms with Crippen molar-refractivity contribution in [2.45, 2.75) is 70.9 Å². The third kappa shape index (κ3) is 16.5. The highest BCUT2D eigenvalue weighted by Gasteiger charge is 2.34. The van der Waals surface area contributed by atoms with Gasteiger partial charge in [-0.05, 0) is 108 Å². The second-order valence-corrected chi connectivity index (χ2v) is 28.8. The number of likely N-dealkylation sites (tertiary alicyclic amines) is 1. The van der Waals surface area contributed by atoms with E-state index >= 15 is 0 Å². The molecule has 107 heavy (non-hydrogen) atoms. The summed E-state index contributed by atoms with van der Waals surface area (Å²) in [5.41, 5.74) is 9.61. The van der Waals surface area contributed by atoms with Crippen molar-refractivity contribution >= 4 is 84.6 Å². The fourth-order valence-electron chi connectivity index (χ4n) is 16.0. The molecule has 5 aromatic carbocycles. The Balaban J connectivity index is 0.000000136. The molecule has 0 bridgehead atoms. The maximum absolute atomic E-state index is 12.1. The normalized spacial score (nSPS) is 17.8. The first-order chi connectivity index (χ1) is 52.0. The Bertz CT molecular complexity index is 4760. The van der Waals surface area contributed by atoms with Crippen LogP contribution in [-0.4, -0.2) is 238 Å². The van der Waals surface area contributed by atoms with Crippen molar-refractivity contribution in [1.29, 1.82) is 0 Å². The summed E-state index contributed by atoms with van der Waals surface area (Å²) in [6.07, 6.45) is 14.2. The van der Waals surface area contributed by atoms with E-state index in [9.17, 15) is 24.6 Å². The molecule has 7 aliphatic heterocycles. The number of carbonyl (C=O) groups excluding carboxylic acids is 3. The number of piperidine rings is 1. The zero-order valence-corrected chi connectivity index (χ0v) is 61.8. The highest BCUT2D eigenvalue weighted by molar-refractivity contribution is 5.97. The van der Waals surface area contributed by atoms with E-state index in [-0.39, 0.29) is 41.4 Å². The second kappa shape index (κ2) is 32.7. The Labute approximate surface area is 625 Å². The first kappa shape index (κ1) is 72.8. The zero-order valence-electron chi connectivity index (χ0n) is 61.8. The standard InChI is InChI=1S/C30H36N6O3.C29H36N6O3.C23H24N6O/c1-3-28(38)34-13-15-35(16-14-34)29-25-10-12-36(27-18-22(37)17-21-7-4-5-9-24(21)27)20-26(25)31-30(32-29)39-23-8-6-11-33(2)19-23;1-5-27(37)33-12-14-34(15-13-33)28-24-10-11-35(26-17-22(36)16-21-8-6-7-9-23(21)26)19-25(24)30-29(31-28)38-20(2)18-32(3)4;1-2-22(30)27-9-11-28(12-10-27)23-19-7-8-29(15-20(19)25-16-26-23)21-14-24-13-17-5-3-4-6-18(17)21/h3-5,7,9,17-18,23,37H,1,6,8,10-16,19-20H2,2H3;5-9,16-17,20,36H,1,10-15,18-19H2,2-4H3;2-6,13-14,16H,1,7-12,15H2/t23-;20-;/m11./s1. The summed E-state index contributed by atoms with van der Waals surface area (Å²) in [6, 6.07) is 32.7. The smallest absolute Gasteiger partial charge is 0.318 e. The third-order valence-electron chi connectivity index (χ3n) is 21.3. The molecule has 25 nitrogen and oxygen atoms in total. The number of pyridine rings is 1. The minimum absolute atomic E-state index is 0.00120. The van der Waals surface area contributed by atoms with Crippen molar-refractivity contribution in [2.75, 3.05) is 168 Å². The van der Waals surface area contributed by atoms with Crippen LogP contribution in [-0.2, 0) is 53.3 Å². The first-order valence-corrected chi connectivity index (χ1v) is 37.3. The molecule has 0 unspecified atom stereocenters. The number of ether oxygens (including phenoxy) is 2. The Kier molecular flexibility index (Phi) is 22.2. The van der Waals surface area contributed by atoms with Gasteiger partial charge < -0.3 is 73.6 Å². The van der Waals surface area contributed by atoms with E-state index in [2.05, 4.69) is 111 Å². The van der Waals surface area contributed by atoms with Crippen molar-refractivity contribution in [3.8, 4) is 23.5 Å². The first-order valence-electron chi connectivity index (χ1n) is 37.3. The molecular formula is C82H96N18O7. The van der Waals surface area contributed by atoms with Crippen LogP contribution in [0.4, 0.5) is 34.5 Å². The molecule has 2 N–H and O–H groups in total. The van der Waals surface area contributed by atoms with E-state index in [1.165, 1.54) is 29.2 Å². The molecule has 25 heteroatoms. The average molecular weight is 1450 g/mol. The fourth-order valence-corrected chi connectivity index (χ4v) is 16.0. The number of aromatic nitrogens is 7. The molecule has 7 aliphatic rings. The topological polar surface area (TPSA) is 236 Å². The summed E-state index contributed by atoms with van der Waals surface area (Å²) in [4.78, 5) is 93.1. The lowest BCUT2D eigenvalue weighted by atomic mass is 10.0. The highest BCUT2D eigenvalue weighted by atomic mass is 16.5. The van der Waals surface area contributed by atoms with Crippen LogP contribution in [0.25, 0.3) is 32.3 Å². The number of likely N-dealkylation sites (N-methyl/N-ethyl adjacent to an activating group) is 2. The minimum Gasteiger partial charge on any atom is -0.508 e. The van der Waals surface area contributed by atoms with E-state index in [1.807, 2.05) is 103 Å². The van der Waals surface area contributed by atoms with Crippen molar-refractivity contribution in [1.82, 2.24) is 59.4 Å². The van der Waals surface area contributed by atoms with Crippen LogP contribution in [0.2, 0.25) is 0 Å². The number of amides is 3. The lowest BCUT2D eigenvalue weighted by Gasteiger charge is -2.38. The zero-order chi connectivity index (χ0) is 74.2. The molecule has 0 radical (unpaired) electrons. The van der Waals surface area contributed by atoms with E-state index in [0.29, 0.717) is 90.6 Å². The summed E-state index contributed by atoms with van der Waals surface area (Å²) in [7, 11) is 6.15. The molecular weight excluding hydrogens is 1350 g/mol. The van der Waals surface area contributed by atoms with Crippen molar-refractivity contribution in [3.63, 3.8) is 0 Å². The minimum atomic E-state index is -0.0762. The lowest BCUT2D eigenvalue weighted by Crippen LogP contribution is -2.49. The van der Waals surface area contributed by atoms with Gasteiger partial charge in [0.25, 0.3) is 0 Å². The van der Waals surface area contributed by atoms with Gasteiger partial charge in [-0.25, -0.2) is 9.97 Å². The monoisotopic (exact) mass is 1440 g/mol. The number of hydrogen-bond donors (Lipinski definition) is 2. The van der Waals surface area contributed by atoms with Gasteiger partial charge in [-0.15, -0.1) is 0 Å². The van der Waals surface area contributed by atoms with Crippen molar-refractivity contribution in [3.05, 3.63) is 188 Å². The molecule has 4 saturated heterocycles. The van der Waals surface area contributed by atoms with Crippen LogP contribution in [0, 0.1) is 0 Å². The van der Waals surface area contributed by atoms with Gasteiger partial charge in [-0.1, -0.05) is 92.5 Å². The van der Waals surface area contributed by atoms with E-state index in [0.717, 1.165) is 181 Å². The molecule has 0 aliphatic carbocycles. The molecule has 556 valence electrons. The van der Waals surface area contributed by atoms with Crippen molar-refractivity contribution < 1.29 is 34.1 Å². The summed E-state index contributed by atoms with van der Waals surface area (Å²) in [6.45, 7) is 28.2. The number of piperazine rings is 3. The molecule has 16 rings (SSSR count). The van der Waals surface area contributed by atoms with Gasteiger partial charge >= 0.3 is 12.0 Å². The predicted octanol–water partition coefficient (Wildman–Crippen LogP) is 8.69. The van der Waals surface area contributed by atoms with Crippen molar-refractivity contribution in [2.24, 2.45) is 0 Å². The molecule has 0 spiro atoms. The Morgan fingerprint density at radius 1 is 0.514 bits per heavy atom. The van der Waals surface area contributed by atoms with Crippen LogP contribution < -0.4 is 38.9 Å². The molecule has 2 atom stereocenters. The SMILES string of the molecule is C=CC(=O)N1CCN(c2nc(O[C@@H]3CCCN(C)C3)nc3c2CCN(c2cc(O)cc4ccccc24)C3)CC1.C=CC(=O)N1CCN(c2nc(O[C@H](C)CN(C)C)nc3c2CCN(c2cc(O)cc4ccccc24)C3)CC1.C=CC(=O)N1CCN(c2ncnc3c2CCN(c2cncc4ccccc24)C3)CC1. The largest absolute Gasteiger partial charge is 0.508 e. The molecule has 3 amide bonds. The Morgan fingerprint density at radius 3 is 1.45 bits per heavy atom. The average Bonchev–Trinajstić information content (AvgIpc) is 0.767. The number of phenols is 2.